The Morgan fingerprint density at radius 2 is 1.88 bits per heavy atom. The summed E-state index contributed by atoms with van der Waals surface area (Å²) >= 11 is 0. The van der Waals surface area contributed by atoms with Crippen molar-refractivity contribution in [1.82, 2.24) is 4.90 Å². The first-order valence-electron chi connectivity index (χ1n) is 8.91. The van der Waals surface area contributed by atoms with Crippen LogP contribution in [-0.4, -0.2) is 42.3 Å². The van der Waals surface area contributed by atoms with E-state index in [2.05, 4.69) is 12.2 Å². The highest BCUT2D eigenvalue weighted by Gasteiger charge is 2.37. The van der Waals surface area contributed by atoms with Gasteiger partial charge in [0.2, 0.25) is 17.7 Å². The molecule has 2 aliphatic heterocycles. The van der Waals surface area contributed by atoms with Crippen LogP contribution >= 0.6 is 0 Å². The van der Waals surface area contributed by atoms with E-state index < -0.39 is 0 Å². The van der Waals surface area contributed by atoms with Crippen LogP contribution in [0.25, 0.3) is 0 Å². The third-order valence-corrected chi connectivity index (χ3v) is 4.94. The van der Waals surface area contributed by atoms with Crippen LogP contribution in [0.15, 0.2) is 24.3 Å². The number of hydrogen-bond acceptors (Lipinski definition) is 3. The van der Waals surface area contributed by atoms with Gasteiger partial charge in [0.05, 0.1) is 5.92 Å². The van der Waals surface area contributed by atoms with E-state index in [1.54, 1.807) is 29.2 Å². The summed E-state index contributed by atoms with van der Waals surface area (Å²) in [7, 11) is 0. The summed E-state index contributed by atoms with van der Waals surface area (Å²) in [5.74, 6) is 0.236. The first kappa shape index (κ1) is 17.5. The third-order valence-electron chi connectivity index (χ3n) is 4.94. The average molecular weight is 343 g/mol. The summed E-state index contributed by atoms with van der Waals surface area (Å²) in [5.41, 5.74) is 1.46. The molecule has 2 aliphatic rings. The molecular weight excluding hydrogens is 318 g/mol. The number of rotatable bonds is 3. The maximum atomic E-state index is 12.7. The minimum atomic E-state index is -0.257. The first-order chi connectivity index (χ1) is 11.9. The molecule has 1 aromatic rings. The summed E-state index contributed by atoms with van der Waals surface area (Å²) in [6.45, 7) is 5.66. The number of hydrogen-bond donors (Lipinski definition) is 1. The predicted octanol–water partition coefficient (Wildman–Crippen LogP) is 2.26. The zero-order chi connectivity index (χ0) is 18.0. The molecule has 6 heteroatoms. The Labute approximate surface area is 148 Å². The van der Waals surface area contributed by atoms with Crippen LogP contribution in [0.2, 0.25) is 0 Å². The Morgan fingerprint density at radius 3 is 2.52 bits per heavy atom. The fourth-order valence-corrected chi connectivity index (χ4v) is 3.70. The second-order valence-corrected chi connectivity index (χ2v) is 7.17. The van der Waals surface area contributed by atoms with Gasteiger partial charge in [0.15, 0.2) is 0 Å². The molecular formula is C19H25N3O3. The van der Waals surface area contributed by atoms with Crippen LogP contribution in [0.4, 0.5) is 11.4 Å². The van der Waals surface area contributed by atoms with Crippen molar-refractivity contribution in [3.05, 3.63) is 24.3 Å². The van der Waals surface area contributed by atoms with Gasteiger partial charge in [-0.2, -0.15) is 0 Å². The fourth-order valence-electron chi connectivity index (χ4n) is 3.70. The number of nitrogens with zero attached hydrogens (tertiary/aromatic N) is 2. The lowest BCUT2D eigenvalue weighted by atomic mass is 9.98. The molecule has 6 nitrogen and oxygen atoms in total. The van der Waals surface area contributed by atoms with Crippen molar-refractivity contribution >= 4 is 29.1 Å². The van der Waals surface area contributed by atoms with E-state index in [0.29, 0.717) is 18.2 Å². The van der Waals surface area contributed by atoms with Crippen molar-refractivity contribution < 1.29 is 14.4 Å². The predicted molar refractivity (Wildman–Crippen MR) is 96.2 cm³/mol. The molecule has 2 atom stereocenters. The number of amides is 3. The first-order valence-corrected chi connectivity index (χ1v) is 8.91. The SMILES string of the molecule is CC(=O)Nc1ccc(N2C[C@@H](C(=O)N3CCC[C@@H](C)C3)CC2=O)cc1. The van der Waals surface area contributed by atoms with Crippen LogP contribution in [0.5, 0.6) is 0 Å². The average Bonchev–Trinajstić information content (AvgIpc) is 2.96. The summed E-state index contributed by atoms with van der Waals surface area (Å²) in [6.07, 6.45) is 2.49. The largest absolute Gasteiger partial charge is 0.342 e. The number of likely N-dealkylation sites (tertiary alicyclic amines) is 1. The van der Waals surface area contributed by atoms with Crippen molar-refractivity contribution in [2.75, 3.05) is 29.9 Å². The van der Waals surface area contributed by atoms with Crippen LogP contribution < -0.4 is 10.2 Å². The van der Waals surface area contributed by atoms with Crippen molar-refractivity contribution in [3.8, 4) is 0 Å². The standard InChI is InChI=1S/C19H25N3O3/c1-13-4-3-9-21(11-13)19(25)15-10-18(24)22(12-15)17-7-5-16(6-8-17)20-14(2)23/h5-8,13,15H,3-4,9-12H2,1-2H3,(H,20,23)/t13-,15+/m1/s1. The number of anilines is 2. The normalized spacial score (nSPS) is 23.7. The Hall–Kier alpha value is -2.37. The summed E-state index contributed by atoms with van der Waals surface area (Å²) in [5, 5.41) is 2.70. The Morgan fingerprint density at radius 1 is 1.16 bits per heavy atom. The van der Waals surface area contributed by atoms with Gasteiger partial charge in [-0.25, -0.2) is 0 Å². The van der Waals surface area contributed by atoms with Gasteiger partial charge in [-0.05, 0) is 43.0 Å². The lowest BCUT2D eigenvalue weighted by molar-refractivity contribution is -0.137. The molecule has 1 N–H and O–H groups in total. The Kier molecular flexibility index (Phi) is 5.06. The molecule has 3 amide bonds. The molecule has 0 aromatic heterocycles. The minimum absolute atomic E-state index is 0.0179. The van der Waals surface area contributed by atoms with Crippen molar-refractivity contribution in [2.24, 2.45) is 11.8 Å². The summed E-state index contributed by atoms with van der Waals surface area (Å²) < 4.78 is 0. The maximum Gasteiger partial charge on any atom is 0.228 e. The zero-order valence-electron chi connectivity index (χ0n) is 14.8. The summed E-state index contributed by atoms with van der Waals surface area (Å²) in [6, 6.07) is 7.15. The van der Waals surface area contributed by atoms with E-state index in [-0.39, 0.29) is 30.1 Å². The molecule has 25 heavy (non-hydrogen) atoms. The molecule has 0 aliphatic carbocycles. The van der Waals surface area contributed by atoms with Gasteiger partial charge < -0.3 is 15.1 Å². The smallest absolute Gasteiger partial charge is 0.228 e. The molecule has 0 saturated carbocycles. The lowest BCUT2D eigenvalue weighted by Gasteiger charge is -2.32. The second kappa shape index (κ2) is 7.25. The molecule has 2 fully saturated rings. The molecule has 0 bridgehead atoms. The van der Waals surface area contributed by atoms with Crippen molar-refractivity contribution in [1.29, 1.82) is 0 Å². The number of benzene rings is 1. The number of nitrogens with one attached hydrogen (secondary N) is 1. The molecule has 3 rings (SSSR count). The molecule has 2 saturated heterocycles. The zero-order valence-corrected chi connectivity index (χ0v) is 14.8. The molecule has 1 aromatic carbocycles. The van der Waals surface area contributed by atoms with Gasteiger partial charge in [0.25, 0.3) is 0 Å². The van der Waals surface area contributed by atoms with Gasteiger partial charge in [0, 0.05) is 44.4 Å². The topological polar surface area (TPSA) is 69.7 Å². The minimum Gasteiger partial charge on any atom is -0.342 e. The number of piperidine rings is 1. The molecule has 0 unspecified atom stereocenters. The summed E-state index contributed by atoms with van der Waals surface area (Å²) in [4.78, 5) is 39.8. The monoisotopic (exact) mass is 343 g/mol. The van der Waals surface area contributed by atoms with E-state index >= 15 is 0 Å². The second-order valence-electron chi connectivity index (χ2n) is 7.17. The van der Waals surface area contributed by atoms with Gasteiger partial charge in [-0.15, -0.1) is 0 Å². The Balaban J connectivity index is 1.65. The van der Waals surface area contributed by atoms with Gasteiger partial charge in [-0.1, -0.05) is 6.92 Å². The van der Waals surface area contributed by atoms with E-state index in [4.69, 9.17) is 0 Å². The number of carbonyl (C=O) groups excluding carboxylic acids is 3. The van der Waals surface area contributed by atoms with Crippen LogP contribution in [0, 0.1) is 11.8 Å². The van der Waals surface area contributed by atoms with E-state index in [0.717, 1.165) is 25.2 Å². The highest BCUT2D eigenvalue weighted by atomic mass is 16.2. The van der Waals surface area contributed by atoms with Crippen molar-refractivity contribution in [3.63, 3.8) is 0 Å². The highest BCUT2D eigenvalue weighted by Crippen LogP contribution is 2.28. The van der Waals surface area contributed by atoms with Gasteiger partial charge in [-0.3, -0.25) is 14.4 Å². The Bertz CT molecular complexity index is 671. The quantitative estimate of drug-likeness (QED) is 0.915. The maximum absolute atomic E-state index is 12.7. The van der Waals surface area contributed by atoms with Gasteiger partial charge in [0.1, 0.15) is 0 Å². The molecule has 134 valence electrons. The molecule has 0 spiro atoms. The van der Waals surface area contributed by atoms with Gasteiger partial charge >= 0.3 is 0 Å². The van der Waals surface area contributed by atoms with Crippen LogP contribution in [0.1, 0.15) is 33.1 Å². The van der Waals surface area contributed by atoms with E-state index in [9.17, 15) is 14.4 Å². The number of carbonyl (C=O) groups is 3. The van der Waals surface area contributed by atoms with E-state index in [1.807, 2.05) is 4.90 Å². The third kappa shape index (κ3) is 4.00. The lowest BCUT2D eigenvalue weighted by Crippen LogP contribution is -2.43. The molecule has 0 radical (unpaired) electrons. The van der Waals surface area contributed by atoms with Crippen molar-refractivity contribution in [2.45, 2.75) is 33.1 Å². The highest BCUT2D eigenvalue weighted by molar-refractivity contribution is 6.00. The van der Waals surface area contributed by atoms with Crippen LogP contribution in [0.3, 0.4) is 0 Å². The van der Waals surface area contributed by atoms with Crippen LogP contribution in [-0.2, 0) is 14.4 Å². The fraction of sp³-hybridized carbons (Fsp3) is 0.526. The van der Waals surface area contributed by atoms with E-state index in [1.165, 1.54) is 13.3 Å². The molecule has 2 heterocycles.